The number of nitrogens with one attached hydrogen (secondary N) is 2. The van der Waals surface area contributed by atoms with Crippen molar-refractivity contribution in [3.63, 3.8) is 0 Å². The van der Waals surface area contributed by atoms with Crippen LogP contribution in [0.5, 0.6) is 0 Å². The summed E-state index contributed by atoms with van der Waals surface area (Å²) in [4.78, 5) is 13.8. The van der Waals surface area contributed by atoms with E-state index < -0.39 is 0 Å². The standard InChI is InChI=1S/C18H29FN4O.ClH/c1-3-6-16(20)18(24)23(2)10-5-9-15-12-17(22-21-15)13-7-4-8-14(19)11-13;/h4,7-8,11,15-17,21-22H,3,5-6,9-10,12,20H2,1-2H3;1H. The summed E-state index contributed by atoms with van der Waals surface area (Å²) in [6, 6.07) is 6.77. The Bertz CT molecular complexity index is 546. The number of hydrogen-bond donors (Lipinski definition) is 3. The Hall–Kier alpha value is -1.21. The minimum Gasteiger partial charge on any atom is -0.344 e. The fraction of sp³-hybridized carbons (Fsp3) is 0.611. The maximum Gasteiger partial charge on any atom is 0.239 e. The Balaban J connectivity index is 0.00000312. The van der Waals surface area contributed by atoms with Crippen molar-refractivity contribution in [3.05, 3.63) is 35.6 Å². The molecule has 0 aliphatic carbocycles. The molecule has 3 unspecified atom stereocenters. The lowest BCUT2D eigenvalue weighted by Gasteiger charge is -2.21. The second kappa shape index (κ2) is 10.7. The lowest BCUT2D eigenvalue weighted by Crippen LogP contribution is -2.42. The zero-order valence-electron chi connectivity index (χ0n) is 15.0. The first kappa shape index (κ1) is 21.8. The van der Waals surface area contributed by atoms with Crippen LogP contribution in [0.15, 0.2) is 24.3 Å². The van der Waals surface area contributed by atoms with Crippen LogP contribution in [-0.4, -0.2) is 36.5 Å². The molecule has 1 aliphatic rings. The van der Waals surface area contributed by atoms with Crippen LogP contribution in [0.3, 0.4) is 0 Å². The molecule has 7 heteroatoms. The third-order valence-corrected chi connectivity index (χ3v) is 4.57. The number of nitrogens with zero attached hydrogens (tertiary/aromatic N) is 1. The van der Waals surface area contributed by atoms with Gasteiger partial charge in [0.15, 0.2) is 0 Å². The molecular formula is C18H30ClFN4O. The molecule has 5 nitrogen and oxygen atoms in total. The van der Waals surface area contributed by atoms with Crippen LogP contribution in [0.25, 0.3) is 0 Å². The SMILES string of the molecule is CCCC(N)C(=O)N(C)CCCC1CC(c2cccc(F)c2)NN1.Cl. The van der Waals surface area contributed by atoms with E-state index in [-0.39, 0.29) is 36.2 Å². The van der Waals surface area contributed by atoms with Gasteiger partial charge in [-0.3, -0.25) is 15.6 Å². The average Bonchev–Trinajstić information content (AvgIpc) is 3.03. The maximum absolute atomic E-state index is 13.3. The maximum atomic E-state index is 13.3. The highest BCUT2D eigenvalue weighted by atomic mass is 35.5. The van der Waals surface area contributed by atoms with E-state index in [0.29, 0.717) is 12.6 Å². The highest BCUT2D eigenvalue weighted by molar-refractivity contribution is 5.85. The van der Waals surface area contributed by atoms with Crippen LogP contribution in [0.2, 0.25) is 0 Å². The summed E-state index contributed by atoms with van der Waals surface area (Å²) in [5, 5.41) is 0. The predicted molar refractivity (Wildman–Crippen MR) is 101 cm³/mol. The van der Waals surface area contributed by atoms with E-state index in [1.165, 1.54) is 6.07 Å². The molecule has 2 rings (SSSR count). The van der Waals surface area contributed by atoms with Crippen molar-refractivity contribution < 1.29 is 9.18 Å². The Morgan fingerprint density at radius 2 is 2.20 bits per heavy atom. The van der Waals surface area contributed by atoms with Crippen LogP contribution in [0, 0.1) is 5.82 Å². The molecule has 25 heavy (non-hydrogen) atoms. The van der Waals surface area contributed by atoms with Gasteiger partial charge < -0.3 is 10.6 Å². The van der Waals surface area contributed by atoms with Crippen LogP contribution >= 0.6 is 12.4 Å². The Morgan fingerprint density at radius 3 is 2.88 bits per heavy atom. The number of carbonyl (C=O) groups is 1. The van der Waals surface area contributed by atoms with E-state index in [0.717, 1.165) is 37.7 Å². The first-order valence-corrected chi connectivity index (χ1v) is 8.78. The molecule has 1 amide bonds. The van der Waals surface area contributed by atoms with Crippen molar-refractivity contribution in [2.45, 2.75) is 57.2 Å². The smallest absolute Gasteiger partial charge is 0.239 e. The third kappa shape index (κ3) is 6.55. The second-order valence-electron chi connectivity index (χ2n) is 6.63. The van der Waals surface area contributed by atoms with Crippen LogP contribution in [-0.2, 0) is 4.79 Å². The van der Waals surface area contributed by atoms with Crippen molar-refractivity contribution in [2.75, 3.05) is 13.6 Å². The molecule has 3 atom stereocenters. The number of likely N-dealkylation sites (N-methyl/N-ethyl adjacent to an activating group) is 1. The number of hydrazine groups is 1. The van der Waals surface area contributed by atoms with Gasteiger partial charge in [-0.15, -0.1) is 12.4 Å². The van der Waals surface area contributed by atoms with E-state index in [1.807, 2.05) is 20.0 Å². The molecule has 1 fully saturated rings. The summed E-state index contributed by atoms with van der Waals surface area (Å²) >= 11 is 0. The molecule has 1 aromatic rings. The van der Waals surface area contributed by atoms with Gasteiger partial charge in [0.2, 0.25) is 5.91 Å². The van der Waals surface area contributed by atoms with Crippen LogP contribution in [0.1, 0.15) is 50.6 Å². The van der Waals surface area contributed by atoms with E-state index in [9.17, 15) is 9.18 Å². The van der Waals surface area contributed by atoms with Gasteiger partial charge in [0.25, 0.3) is 0 Å². The van der Waals surface area contributed by atoms with Gasteiger partial charge in [-0.05, 0) is 43.4 Å². The van der Waals surface area contributed by atoms with Crippen molar-refractivity contribution >= 4 is 18.3 Å². The molecule has 1 aromatic carbocycles. The van der Waals surface area contributed by atoms with Gasteiger partial charge in [-0.25, -0.2) is 4.39 Å². The minimum atomic E-state index is -0.386. The molecule has 0 spiro atoms. The topological polar surface area (TPSA) is 70.4 Å². The predicted octanol–water partition coefficient (Wildman–Crippen LogP) is 2.52. The zero-order chi connectivity index (χ0) is 17.5. The summed E-state index contributed by atoms with van der Waals surface area (Å²) in [6.45, 7) is 2.74. The van der Waals surface area contributed by atoms with Crippen molar-refractivity contribution in [1.82, 2.24) is 15.8 Å². The highest BCUT2D eigenvalue weighted by Crippen LogP contribution is 2.24. The lowest BCUT2D eigenvalue weighted by atomic mass is 9.99. The molecule has 1 saturated heterocycles. The lowest BCUT2D eigenvalue weighted by molar-refractivity contribution is -0.131. The molecule has 1 heterocycles. The molecular weight excluding hydrogens is 343 g/mol. The molecule has 142 valence electrons. The fourth-order valence-electron chi connectivity index (χ4n) is 3.16. The first-order valence-electron chi connectivity index (χ1n) is 8.78. The van der Waals surface area contributed by atoms with E-state index in [1.54, 1.807) is 17.0 Å². The second-order valence-corrected chi connectivity index (χ2v) is 6.63. The van der Waals surface area contributed by atoms with Crippen LogP contribution in [0.4, 0.5) is 4.39 Å². The largest absolute Gasteiger partial charge is 0.344 e. The molecule has 4 N–H and O–H groups in total. The van der Waals surface area contributed by atoms with Gasteiger partial charge in [-0.2, -0.15) is 0 Å². The Morgan fingerprint density at radius 1 is 1.44 bits per heavy atom. The number of halogens is 2. The monoisotopic (exact) mass is 372 g/mol. The first-order chi connectivity index (χ1) is 11.5. The minimum absolute atomic E-state index is 0. The van der Waals surface area contributed by atoms with E-state index >= 15 is 0 Å². The number of benzene rings is 1. The zero-order valence-corrected chi connectivity index (χ0v) is 15.8. The van der Waals surface area contributed by atoms with Crippen molar-refractivity contribution in [2.24, 2.45) is 5.73 Å². The molecule has 1 aliphatic heterocycles. The Kier molecular flexibility index (Phi) is 9.35. The number of carbonyl (C=O) groups excluding carboxylic acids is 1. The number of rotatable bonds is 8. The van der Waals surface area contributed by atoms with E-state index in [2.05, 4.69) is 10.9 Å². The Labute approximate surface area is 155 Å². The highest BCUT2D eigenvalue weighted by Gasteiger charge is 2.25. The quantitative estimate of drug-likeness (QED) is 0.655. The van der Waals surface area contributed by atoms with Gasteiger partial charge in [-0.1, -0.05) is 25.5 Å². The number of amides is 1. The summed E-state index contributed by atoms with van der Waals surface area (Å²) < 4.78 is 13.3. The molecule has 0 bridgehead atoms. The van der Waals surface area contributed by atoms with Gasteiger partial charge in [0.1, 0.15) is 5.82 Å². The molecule has 0 aromatic heterocycles. The summed E-state index contributed by atoms with van der Waals surface area (Å²) in [5.74, 6) is -0.187. The van der Waals surface area contributed by atoms with E-state index in [4.69, 9.17) is 5.73 Å². The third-order valence-electron chi connectivity index (χ3n) is 4.57. The van der Waals surface area contributed by atoms with Gasteiger partial charge >= 0.3 is 0 Å². The number of hydrogen-bond acceptors (Lipinski definition) is 4. The fourth-order valence-corrected chi connectivity index (χ4v) is 3.16. The molecule has 0 saturated carbocycles. The average molecular weight is 373 g/mol. The van der Waals surface area contributed by atoms with Crippen molar-refractivity contribution in [1.29, 1.82) is 0 Å². The van der Waals surface area contributed by atoms with Crippen LogP contribution < -0.4 is 16.6 Å². The van der Waals surface area contributed by atoms with Crippen molar-refractivity contribution in [3.8, 4) is 0 Å². The summed E-state index contributed by atoms with van der Waals surface area (Å²) in [6.07, 6.45) is 4.43. The summed E-state index contributed by atoms with van der Waals surface area (Å²) in [5.41, 5.74) is 13.3. The normalized spacial score (nSPS) is 20.8. The van der Waals surface area contributed by atoms with Gasteiger partial charge in [0.05, 0.1) is 6.04 Å². The summed E-state index contributed by atoms with van der Waals surface area (Å²) in [7, 11) is 1.81. The molecule has 0 radical (unpaired) electrons. The van der Waals surface area contributed by atoms with Gasteiger partial charge in [0, 0.05) is 25.7 Å². The number of nitrogens with two attached hydrogens (primary N) is 1.